The van der Waals surface area contributed by atoms with Crippen LogP contribution in [0.15, 0.2) is 53.3 Å². The van der Waals surface area contributed by atoms with Gasteiger partial charge in [-0.15, -0.1) is 0 Å². The van der Waals surface area contributed by atoms with E-state index in [4.69, 9.17) is 4.74 Å². The fourth-order valence-electron chi connectivity index (χ4n) is 4.15. The molecule has 1 aliphatic rings. The lowest BCUT2D eigenvalue weighted by atomic mass is 9.96. The molecule has 31 heavy (non-hydrogen) atoms. The SMILES string of the molecule is CC(OC(=O)Cc1nn(C)c(=O)c2ccccc12)C(=O)N1c2ccccc2CCC1C. The topological polar surface area (TPSA) is 81.5 Å². The number of ether oxygens (including phenoxy) is 1. The average Bonchev–Trinajstić information content (AvgIpc) is 2.76. The molecule has 1 aliphatic heterocycles. The van der Waals surface area contributed by atoms with E-state index >= 15 is 0 Å². The minimum atomic E-state index is -0.931. The van der Waals surface area contributed by atoms with E-state index in [2.05, 4.69) is 5.10 Å². The number of hydrogen-bond acceptors (Lipinski definition) is 5. The molecule has 0 bridgehead atoms. The number of benzene rings is 2. The first-order chi connectivity index (χ1) is 14.9. The number of carbonyl (C=O) groups is 2. The van der Waals surface area contributed by atoms with Gasteiger partial charge in [0.15, 0.2) is 6.10 Å². The van der Waals surface area contributed by atoms with Gasteiger partial charge in [-0.2, -0.15) is 5.10 Å². The maximum atomic E-state index is 13.2. The Bertz CT molecular complexity index is 1220. The van der Waals surface area contributed by atoms with Gasteiger partial charge in [0, 0.05) is 24.2 Å². The number of fused-ring (bicyclic) bond motifs is 2. The number of anilines is 1. The van der Waals surface area contributed by atoms with Crippen molar-refractivity contribution in [3.63, 3.8) is 0 Å². The summed E-state index contributed by atoms with van der Waals surface area (Å²) in [5, 5.41) is 5.34. The van der Waals surface area contributed by atoms with Gasteiger partial charge < -0.3 is 9.64 Å². The average molecular weight is 419 g/mol. The summed E-state index contributed by atoms with van der Waals surface area (Å²) in [6, 6.07) is 14.9. The molecule has 0 spiro atoms. The van der Waals surface area contributed by atoms with Crippen molar-refractivity contribution in [1.82, 2.24) is 9.78 Å². The van der Waals surface area contributed by atoms with Gasteiger partial charge in [-0.3, -0.25) is 14.4 Å². The van der Waals surface area contributed by atoms with Crippen LogP contribution < -0.4 is 10.5 Å². The number of aryl methyl sites for hydroxylation is 2. The van der Waals surface area contributed by atoms with E-state index in [1.807, 2.05) is 31.2 Å². The first kappa shape index (κ1) is 20.8. The quantitative estimate of drug-likeness (QED) is 0.608. The molecule has 0 radical (unpaired) electrons. The highest BCUT2D eigenvalue weighted by Gasteiger charge is 2.32. The van der Waals surface area contributed by atoms with Gasteiger partial charge in [0.1, 0.15) is 0 Å². The van der Waals surface area contributed by atoms with Gasteiger partial charge in [0.2, 0.25) is 0 Å². The number of rotatable bonds is 4. The standard InChI is InChI=1S/C24H25N3O4/c1-15-12-13-17-8-4-7-11-21(17)27(15)23(29)16(2)31-22(28)14-20-18-9-5-6-10-19(18)24(30)26(3)25-20/h4-11,15-16H,12-14H2,1-3H3. The lowest BCUT2D eigenvalue weighted by Crippen LogP contribution is -2.47. The Hall–Kier alpha value is -3.48. The molecule has 4 rings (SSSR count). The highest BCUT2D eigenvalue weighted by molar-refractivity contribution is 5.99. The molecule has 2 heterocycles. The lowest BCUT2D eigenvalue weighted by molar-refractivity contribution is -0.153. The third-order valence-electron chi connectivity index (χ3n) is 5.76. The Morgan fingerprint density at radius 1 is 1.13 bits per heavy atom. The fraction of sp³-hybridized carbons (Fsp3) is 0.333. The van der Waals surface area contributed by atoms with Crippen molar-refractivity contribution < 1.29 is 14.3 Å². The highest BCUT2D eigenvalue weighted by atomic mass is 16.5. The normalized spacial score (nSPS) is 16.6. The summed E-state index contributed by atoms with van der Waals surface area (Å²) >= 11 is 0. The summed E-state index contributed by atoms with van der Waals surface area (Å²) in [6.07, 6.45) is 0.719. The molecule has 0 N–H and O–H groups in total. The smallest absolute Gasteiger partial charge is 0.312 e. The minimum Gasteiger partial charge on any atom is -0.452 e. The van der Waals surface area contributed by atoms with E-state index in [1.54, 1.807) is 43.1 Å². The zero-order valence-electron chi connectivity index (χ0n) is 17.9. The molecular formula is C24H25N3O4. The van der Waals surface area contributed by atoms with Crippen molar-refractivity contribution in [1.29, 1.82) is 0 Å². The summed E-state index contributed by atoms with van der Waals surface area (Å²) in [4.78, 5) is 39.8. The number of hydrogen-bond donors (Lipinski definition) is 0. The maximum Gasteiger partial charge on any atom is 0.312 e. The third-order valence-corrected chi connectivity index (χ3v) is 5.76. The third kappa shape index (κ3) is 3.95. The van der Waals surface area contributed by atoms with Crippen molar-refractivity contribution in [2.24, 2.45) is 7.05 Å². The first-order valence-electron chi connectivity index (χ1n) is 10.4. The molecular weight excluding hydrogens is 394 g/mol. The van der Waals surface area contributed by atoms with Crippen LogP contribution in [0.4, 0.5) is 5.69 Å². The van der Waals surface area contributed by atoms with Crippen LogP contribution in [0.1, 0.15) is 31.5 Å². The van der Waals surface area contributed by atoms with Crippen LogP contribution in [0, 0.1) is 0 Å². The minimum absolute atomic E-state index is 0.0258. The number of nitrogens with zero attached hydrogens (tertiary/aromatic N) is 3. The van der Waals surface area contributed by atoms with Crippen LogP contribution in [-0.4, -0.2) is 33.8 Å². The van der Waals surface area contributed by atoms with Crippen molar-refractivity contribution in [2.75, 3.05) is 4.90 Å². The molecule has 1 aromatic heterocycles. The van der Waals surface area contributed by atoms with Gasteiger partial charge >= 0.3 is 5.97 Å². The first-order valence-corrected chi connectivity index (χ1v) is 10.4. The van der Waals surface area contributed by atoms with Gasteiger partial charge in [0.25, 0.3) is 11.5 Å². The van der Waals surface area contributed by atoms with E-state index in [0.717, 1.165) is 24.1 Å². The Kier molecular flexibility index (Phi) is 5.59. The largest absolute Gasteiger partial charge is 0.452 e. The number of esters is 1. The van der Waals surface area contributed by atoms with E-state index in [-0.39, 0.29) is 23.9 Å². The number of amides is 1. The van der Waals surface area contributed by atoms with Gasteiger partial charge in [-0.1, -0.05) is 36.4 Å². The van der Waals surface area contributed by atoms with Gasteiger partial charge in [0.05, 0.1) is 17.5 Å². The maximum absolute atomic E-state index is 13.2. The molecule has 0 aliphatic carbocycles. The van der Waals surface area contributed by atoms with Crippen LogP contribution in [0.5, 0.6) is 0 Å². The van der Waals surface area contributed by atoms with E-state index in [1.165, 1.54) is 4.68 Å². The van der Waals surface area contributed by atoms with Crippen molar-refractivity contribution in [2.45, 2.75) is 45.3 Å². The second kappa shape index (κ2) is 8.34. The Morgan fingerprint density at radius 2 is 1.81 bits per heavy atom. The molecule has 2 aromatic carbocycles. The summed E-state index contributed by atoms with van der Waals surface area (Å²) in [5.74, 6) is -0.804. The van der Waals surface area contributed by atoms with Crippen molar-refractivity contribution in [3.8, 4) is 0 Å². The van der Waals surface area contributed by atoms with Gasteiger partial charge in [-0.25, -0.2) is 4.68 Å². The lowest BCUT2D eigenvalue weighted by Gasteiger charge is -2.36. The van der Waals surface area contributed by atoms with Crippen LogP contribution in [0.2, 0.25) is 0 Å². The van der Waals surface area contributed by atoms with Crippen LogP contribution in [0.3, 0.4) is 0 Å². The zero-order chi connectivity index (χ0) is 22.1. The molecule has 0 fully saturated rings. The summed E-state index contributed by atoms with van der Waals surface area (Å²) < 4.78 is 6.71. The molecule has 3 aromatic rings. The Morgan fingerprint density at radius 3 is 2.58 bits per heavy atom. The van der Waals surface area contributed by atoms with E-state index in [0.29, 0.717) is 16.5 Å². The fourth-order valence-corrected chi connectivity index (χ4v) is 4.15. The van der Waals surface area contributed by atoms with Gasteiger partial charge in [-0.05, 0) is 44.4 Å². The van der Waals surface area contributed by atoms with Crippen molar-refractivity contribution >= 4 is 28.3 Å². The second-order valence-electron chi connectivity index (χ2n) is 7.95. The molecule has 2 unspecified atom stereocenters. The Labute approximate surface area is 180 Å². The number of para-hydroxylation sites is 1. The number of aromatic nitrogens is 2. The van der Waals surface area contributed by atoms with Crippen LogP contribution in [-0.2, 0) is 34.2 Å². The predicted molar refractivity (Wildman–Crippen MR) is 118 cm³/mol. The molecule has 2 atom stereocenters. The van der Waals surface area contributed by atoms with Crippen LogP contribution >= 0.6 is 0 Å². The highest BCUT2D eigenvalue weighted by Crippen LogP contribution is 2.31. The van der Waals surface area contributed by atoms with Crippen molar-refractivity contribution in [3.05, 3.63) is 70.1 Å². The number of carbonyl (C=O) groups excluding carboxylic acids is 2. The molecule has 1 amide bonds. The predicted octanol–water partition coefficient (Wildman–Crippen LogP) is 2.78. The molecule has 160 valence electrons. The zero-order valence-corrected chi connectivity index (χ0v) is 17.9. The van der Waals surface area contributed by atoms with Crippen LogP contribution in [0.25, 0.3) is 10.8 Å². The summed E-state index contributed by atoms with van der Waals surface area (Å²) in [5.41, 5.74) is 2.21. The molecule has 0 saturated heterocycles. The summed E-state index contributed by atoms with van der Waals surface area (Å²) in [7, 11) is 1.55. The molecule has 7 heteroatoms. The molecule has 0 saturated carbocycles. The molecule has 7 nitrogen and oxygen atoms in total. The Balaban J connectivity index is 1.52. The summed E-state index contributed by atoms with van der Waals surface area (Å²) in [6.45, 7) is 3.60. The van der Waals surface area contributed by atoms with E-state index in [9.17, 15) is 14.4 Å². The second-order valence-corrected chi connectivity index (χ2v) is 7.95. The monoisotopic (exact) mass is 419 g/mol. The van der Waals surface area contributed by atoms with E-state index < -0.39 is 12.1 Å².